The number of carbonyl (C=O) groups is 2. The van der Waals surface area contributed by atoms with Crippen LogP contribution in [0.1, 0.15) is 10.6 Å². The second-order valence-corrected chi connectivity index (χ2v) is 6.51. The van der Waals surface area contributed by atoms with Crippen LogP contribution in [0.2, 0.25) is 0 Å². The van der Waals surface area contributed by atoms with E-state index in [1.54, 1.807) is 12.1 Å². The number of hydrazone groups is 1. The van der Waals surface area contributed by atoms with Crippen molar-refractivity contribution < 1.29 is 14.7 Å². The number of nitrogens with zero attached hydrogens (tertiary/aromatic N) is 3. The maximum Gasteiger partial charge on any atom is 0.259 e. The fourth-order valence-electron chi connectivity index (χ4n) is 1.45. The van der Waals surface area contributed by atoms with E-state index < -0.39 is 16.7 Å². The smallest absolute Gasteiger partial charge is 0.259 e. The van der Waals surface area contributed by atoms with Crippen molar-refractivity contribution in [3.05, 3.63) is 34.8 Å². The number of phenols is 1. The Morgan fingerprint density at radius 1 is 1.29 bits per heavy atom. The number of hydrogen-bond donors (Lipinski definition) is 3. The molecule has 3 N–H and O–H groups in total. The molecule has 0 aliphatic carbocycles. The highest BCUT2D eigenvalue weighted by molar-refractivity contribution is 7.15. The van der Waals surface area contributed by atoms with Crippen LogP contribution in [-0.2, 0) is 16.0 Å². The van der Waals surface area contributed by atoms with Gasteiger partial charge in [0.1, 0.15) is 10.8 Å². The van der Waals surface area contributed by atoms with Crippen molar-refractivity contribution in [2.75, 3.05) is 5.32 Å². The van der Waals surface area contributed by atoms with Gasteiger partial charge < -0.3 is 5.11 Å². The van der Waals surface area contributed by atoms with Gasteiger partial charge in [0.25, 0.3) is 5.91 Å². The maximum absolute atomic E-state index is 11.7. The van der Waals surface area contributed by atoms with E-state index in [0.717, 1.165) is 11.3 Å². The SMILES string of the molecule is O=C(Cc1nnc(NC(=O)C(Cl)Cl)s1)N/N=C\c1ccc(O)cc1. The lowest BCUT2D eigenvalue weighted by molar-refractivity contribution is -0.120. The number of anilines is 1. The van der Waals surface area contributed by atoms with Crippen molar-refractivity contribution in [2.45, 2.75) is 11.3 Å². The van der Waals surface area contributed by atoms with Gasteiger partial charge in [0.05, 0.1) is 12.6 Å². The number of amides is 2. The fourth-order valence-corrected chi connectivity index (χ4v) is 2.30. The van der Waals surface area contributed by atoms with Crippen LogP contribution in [0.3, 0.4) is 0 Å². The predicted molar refractivity (Wildman–Crippen MR) is 91.6 cm³/mol. The van der Waals surface area contributed by atoms with Crippen LogP contribution in [0.15, 0.2) is 29.4 Å². The summed E-state index contributed by atoms with van der Waals surface area (Å²) in [6.45, 7) is 0. The summed E-state index contributed by atoms with van der Waals surface area (Å²) in [6, 6.07) is 6.30. The monoisotopic (exact) mass is 387 g/mol. The predicted octanol–water partition coefficient (Wildman–Crippen LogP) is 1.68. The number of aromatic hydroxyl groups is 1. The van der Waals surface area contributed by atoms with Gasteiger partial charge in [0.2, 0.25) is 11.0 Å². The van der Waals surface area contributed by atoms with Crippen molar-refractivity contribution >= 4 is 57.7 Å². The number of carbonyl (C=O) groups excluding carboxylic acids is 2. The van der Waals surface area contributed by atoms with E-state index in [1.165, 1.54) is 18.3 Å². The van der Waals surface area contributed by atoms with Crippen molar-refractivity contribution in [3.63, 3.8) is 0 Å². The fraction of sp³-hybridized carbons (Fsp3) is 0.154. The molecule has 1 aromatic carbocycles. The van der Waals surface area contributed by atoms with E-state index in [2.05, 4.69) is 26.0 Å². The molecule has 0 aliphatic rings. The van der Waals surface area contributed by atoms with Crippen molar-refractivity contribution in [2.24, 2.45) is 5.10 Å². The highest BCUT2D eigenvalue weighted by Crippen LogP contribution is 2.17. The van der Waals surface area contributed by atoms with Gasteiger partial charge in [-0.2, -0.15) is 5.10 Å². The van der Waals surface area contributed by atoms with E-state index in [1.807, 2.05) is 0 Å². The maximum atomic E-state index is 11.7. The zero-order valence-corrected chi connectivity index (χ0v) is 14.3. The standard InChI is InChI=1S/C13H11Cl2N5O3S/c14-11(15)12(23)17-13-20-19-10(24-13)5-9(22)18-16-6-7-1-3-8(21)4-2-7/h1-4,6,11,21H,5H2,(H,18,22)(H,17,20,23)/b16-6-. The number of aromatic nitrogens is 2. The van der Waals surface area contributed by atoms with Gasteiger partial charge in [-0.3, -0.25) is 14.9 Å². The Bertz CT molecular complexity index is 748. The molecule has 0 aliphatic heterocycles. The highest BCUT2D eigenvalue weighted by Gasteiger charge is 2.15. The number of alkyl halides is 2. The third kappa shape index (κ3) is 5.76. The van der Waals surface area contributed by atoms with Gasteiger partial charge in [-0.1, -0.05) is 34.5 Å². The summed E-state index contributed by atoms with van der Waals surface area (Å²) in [7, 11) is 0. The first-order valence-corrected chi connectivity index (χ1v) is 8.15. The average molecular weight is 388 g/mol. The van der Waals surface area contributed by atoms with Crippen LogP contribution in [0.4, 0.5) is 5.13 Å². The molecule has 0 spiro atoms. The number of phenolic OH excluding ortho intramolecular Hbond substituents is 1. The molecule has 0 saturated carbocycles. The normalized spacial score (nSPS) is 11.0. The Morgan fingerprint density at radius 2 is 2.00 bits per heavy atom. The molecular weight excluding hydrogens is 377 g/mol. The molecule has 11 heteroatoms. The van der Waals surface area contributed by atoms with Gasteiger partial charge in [-0.05, 0) is 29.8 Å². The summed E-state index contributed by atoms with van der Waals surface area (Å²) in [5.41, 5.74) is 3.05. The van der Waals surface area contributed by atoms with Crippen LogP contribution in [0, 0.1) is 0 Å². The Kier molecular flexibility index (Phi) is 6.47. The van der Waals surface area contributed by atoms with Crippen LogP contribution < -0.4 is 10.7 Å². The summed E-state index contributed by atoms with van der Waals surface area (Å²) in [5.74, 6) is -0.874. The quantitative estimate of drug-likeness (QED) is 0.396. The van der Waals surface area contributed by atoms with Gasteiger partial charge in [0, 0.05) is 0 Å². The van der Waals surface area contributed by atoms with E-state index in [0.29, 0.717) is 10.6 Å². The molecule has 2 aromatic rings. The van der Waals surface area contributed by atoms with Gasteiger partial charge in [0.15, 0.2) is 4.84 Å². The lowest BCUT2D eigenvalue weighted by Crippen LogP contribution is -2.19. The van der Waals surface area contributed by atoms with Crippen molar-refractivity contribution in [1.29, 1.82) is 0 Å². The zero-order chi connectivity index (χ0) is 17.5. The Morgan fingerprint density at radius 3 is 2.67 bits per heavy atom. The summed E-state index contributed by atoms with van der Waals surface area (Å²) in [5, 5.41) is 23.4. The number of rotatable bonds is 6. The minimum absolute atomic E-state index is 0.0500. The molecule has 0 saturated heterocycles. The first kappa shape index (κ1) is 18.1. The molecule has 1 heterocycles. The third-order valence-electron chi connectivity index (χ3n) is 2.50. The summed E-state index contributed by atoms with van der Waals surface area (Å²) >= 11 is 11.8. The second kappa shape index (κ2) is 8.57. The first-order chi connectivity index (χ1) is 11.4. The Hall–Kier alpha value is -2.23. The molecule has 1 aromatic heterocycles. The number of halogens is 2. The zero-order valence-electron chi connectivity index (χ0n) is 11.9. The number of hydrogen-bond acceptors (Lipinski definition) is 7. The highest BCUT2D eigenvalue weighted by atomic mass is 35.5. The molecule has 0 bridgehead atoms. The molecule has 24 heavy (non-hydrogen) atoms. The van der Waals surface area contributed by atoms with E-state index in [4.69, 9.17) is 28.3 Å². The van der Waals surface area contributed by atoms with Gasteiger partial charge in [-0.25, -0.2) is 5.43 Å². The average Bonchev–Trinajstić information content (AvgIpc) is 2.96. The van der Waals surface area contributed by atoms with Gasteiger partial charge >= 0.3 is 0 Å². The summed E-state index contributed by atoms with van der Waals surface area (Å²) in [4.78, 5) is 21.8. The van der Waals surface area contributed by atoms with E-state index >= 15 is 0 Å². The minimum atomic E-state index is -1.21. The number of nitrogens with one attached hydrogen (secondary N) is 2. The van der Waals surface area contributed by atoms with Crippen LogP contribution in [0.5, 0.6) is 5.75 Å². The van der Waals surface area contributed by atoms with E-state index in [9.17, 15) is 9.59 Å². The number of benzene rings is 1. The van der Waals surface area contributed by atoms with Crippen molar-refractivity contribution in [3.8, 4) is 5.75 Å². The Balaban J connectivity index is 1.83. The summed E-state index contributed by atoms with van der Waals surface area (Å²) in [6.07, 6.45) is 1.38. The second-order valence-electron chi connectivity index (χ2n) is 4.35. The minimum Gasteiger partial charge on any atom is -0.508 e. The molecule has 0 atom stereocenters. The molecule has 0 fully saturated rings. The van der Waals surface area contributed by atoms with Crippen LogP contribution >= 0.6 is 34.5 Å². The summed E-state index contributed by atoms with van der Waals surface area (Å²) < 4.78 is 0. The lowest BCUT2D eigenvalue weighted by Gasteiger charge is -1.99. The topological polar surface area (TPSA) is 117 Å². The van der Waals surface area contributed by atoms with Gasteiger partial charge in [-0.15, -0.1) is 10.2 Å². The lowest BCUT2D eigenvalue weighted by atomic mass is 10.2. The van der Waals surface area contributed by atoms with E-state index in [-0.39, 0.29) is 17.3 Å². The van der Waals surface area contributed by atoms with Crippen LogP contribution in [0.25, 0.3) is 0 Å². The largest absolute Gasteiger partial charge is 0.508 e. The molecule has 0 unspecified atom stereocenters. The molecule has 2 rings (SSSR count). The third-order valence-corrected chi connectivity index (χ3v) is 3.74. The first-order valence-electron chi connectivity index (χ1n) is 6.46. The molecular formula is C13H11Cl2N5O3S. The molecule has 126 valence electrons. The molecule has 8 nitrogen and oxygen atoms in total. The van der Waals surface area contributed by atoms with Crippen molar-refractivity contribution in [1.82, 2.24) is 15.6 Å². The van der Waals surface area contributed by atoms with Crippen LogP contribution in [-0.4, -0.2) is 38.2 Å². The Labute approximate surface area is 150 Å². The molecule has 0 radical (unpaired) electrons. The molecule has 2 amide bonds.